The second-order valence-electron chi connectivity index (χ2n) is 5.63. The van der Waals surface area contributed by atoms with E-state index in [9.17, 15) is 13.2 Å². The highest BCUT2D eigenvalue weighted by Crippen LogP contribution is 2.38. The molecule has 0 fully saturated rings. The molecule has 0 bridgehead atoms. The van der Waals surface area contributed by atoms with E-state index in [2.05, 4.69) is 4.98 Å². The average molecular weight is 376 g/mol. The summed E-state index contributed by atoms with van der Waals surface area (Å²) in [6.45, 7) is 1.75. The Morgan fingerprint density at radius 1 is 1.24 bits per heavy atom. The second kappa shape index (κ2) is 6.53. The van der Waals surface area contributed by atoms with Crippen molar-refractivity contribution in [2.24, 2.45) is 0 Å². The summed E-state index contributed by atoms with van der Waals surface area (Å²) in [7, 11) is -3.23. The van der Waals surface area contributed by atoms with Gasteiger partial charge < -0.3 is 9.67 Å². The number of hydrogen-bond donors (Lipinski definition) is 1. The van der Waals surface area contributed by atoms with Gasteiger partial charge >= 0.3 is 5.97 Å². The number of rotatable bonds is 5. The molecule has 0 spiro atoms. The van der Waals surface area contributed by atoms with Crippen LogP contribution in [0.1, 0.15) is 5.69 Å². The third-order valence-corrected chi connectivity index (χ3v) is 6.19. The second-order valence-corrected chi connectivity index (χ2v) is 8.73. The zero-order chi connectivity index (χ0) is 18.2. The van der Waals surface area contributed by atoms with Gasteiger partial charge in [-0.15, -0.1) is 0 Å². The fraction of sp³-hybridized carbons (Fsp3) is 0.176. The van der Waals surface area contributed by atoms with E-state index in [1.807, 2.05) is 6.92 Å². The molecule has 2 heterocycles. The van der Waals surface area contributed by atoms with Crippen LogP contribution in [0.5, 0.6) is 0 Å². The third-order valence-electron chi connectivity index (χ3n) is 3.83. The van der Waals surface area contributed by atoms with Crippen molar-refractivity contribution < 1.29 is 18.3 Å². The molecule has 0 aliphatic carbocycles. The van der Waals surface area contributed by atoms with E-state index in [-0.39, 0.29) is 11.4 Å². The number of nitrogens with zero attached hydrogens (tertiary/aromatic N) is 2. The van der Waals surface area contributed by atoms with Crippen LogP contribution in [0.4, 0.5) is 0 Å². The fourth-order valence-electron chi connectivity index (χ4n) is 2.64. The Balaban J connectivity index is 2.04. The topological polar surface area (TPSA) is 89.3 Å². The summed E-state index contributed by atoms with van der Waals surface area (Å²) < 4.78 is 24.9. The van der Waals surface area contributed by atoms with Gasteiger partial charge in [0.15, 0.2) is 9.84 Å². The van der Waals surface area contributed by atoms with Crippen molar-refractivity contribution in [3.8, 4) is 0 Å². The standard InChI is InChI=1S/C17H16N2O4S2/c1-11-17(24-12-3-5-13(6-4-12)25(2,22)23)14-9-18-8-7-15(14)19(11)10-16(20)21/h3-9H,10H2,1-2H3,(H,20,21). The molecule has 1 aromatic carbocycles. The summed E-state index contributed by atoms with van der Waals surface area (Å²) in [6, 6.07) is 8.43. The van der Waals surface area contributed by atoms with E-state index in [0.717, 1.165) is 26.4 Å². The Morgan fingerprint density at radius 2 is 1.92 bits per heavy atom. The van der Waals surface area contributed by atoms with Crippen LogP contribution in [0.3, 0.4) is 0 Å². The molecular formula is C17H16N2O4S2. The van der Waals surface area contributed by atoms with E-state index in [1.54, 1.807) is 47.3 Å². The first-order chi connectivity index (χ1) is 11.8. The van der Waals surface area contributed by atoms with Crippen molar-refractivity contribution in [2.75, 3.05) is 6.26 Å². The lowest BCUT2D eigenvalue weighted by Gasteiger charge is -2.06. The molecule has 3 rings (SSSR count). The van der Waals surface area contributed by atoms with Crippen LogP contribution >= 0.6 is 11.8 Å². The Labute approximate surface area is 149 Å². The summed E-state index contributed by atoms with van der Waals surface area (Å²) in [4.78, 5) is 17.4. The molecular weight excluding hydrogens is 360 g/mol. The average Bonchev–Trinajstić information content (AvgIpc) is 2.80. The van der Waals surface area contributed by atoms with Crippen molar-refractivity contribution in [2.45, 2.75) is 28.2 Å². The van der Waals surface area contributed by atoms with Crippen molar-refractivity contribution in [1.82, 2.24) is 9.55 Å². The van der Waals surface area contributed by atoms with Gasteiger partial charge in [0.1, 0.15) is 6.54 Å². The number of pyridine rings is 1. The highest BCUT2D eigenvalue weighted by Gasteiger charge is 2.17. The van der Waals surface area contributed by atoms with Gasteiger partial charge in [-0.1, -0.05) is 11.8 Å². The highest BCUT2D eigenvalue weighted by atomic mass is 32.2. The Kier molecular flexibility index (Phi) is 4.57. The zero-order valence-electron chi connectivity index (χ0n) is 13.6. The highest BCUT2D eigenvalue weighted by molar-refractivity contribution is 7.99. The Bertz CT molecular complexity index is 1050. The molecule has 130 valence electrons. The van der Waals surface area contributed by atoms with Gasteiger partial charge in [0, 0.05) is 39.5 Å². The molecule has 0 aliphatic rings. The normalized spacial score (nSPS) is 11.8. The molecule has 2 aromatic heterocycles. The molecule has 0 unspecified atom stereocenters. The molecule has 1 N–H and O–H groups in total. The molecule has 3 aromatic rings. The zero-order valence-corrected chi connectivity index (χ0v) is 15.3. The van der Waals surface area contributed by atoms with E-state index < -0.39 is 15.8 Å². The number of aliphatic carboxylic acids is 1. The van der Waals surface area contributed by atoms with Crippen LogP contribution < -0.4 is 0 Å². The quantitative estimate of drug-likeness (QED) is 0.736. The number of carboxylic acids is 1. The van der Waals surface area contributed by atoms with Crippen LogP contribution in [0.15, 0.2) is 57.4 Å². The summed E-state index contributed by atoms with van der Waals surface area (Å²) in [5.74, 6) is -0.911. The maximum atomic E-state index is 11.6. The number of carbonyl (C=O) groups is 1. The lowest BCUT2D eigenvalue weighted by Crippen LogP contribution is -2.09. The van der Waals surface area contributed by atoms with Crippen molar-refractivity contribution in [3.63, 3.8) is 0 Å². The summed E-state index contributed by atoms with van der Waals surface area (Å²) in [5, 5.41) is 10.0. The maximum Gasteiger partial charge on any atom is 0.323 e. The van der Waals surface area contributed by atoms with Crippen molar-refractivity contribution in [1.29, 1.82) is 0 Å². The Morgan fingerprint density at radius 3 is 2.52 bits per heavy atom. The van der Waals surface area contributed by atoms with E-state index >= 15 is 0 Å². The lowest BCUT2D eigenvalue weighted by atomic mass is 10.3. The van der Waals surface area contributed by atoms with E-state index in [1.165, 1.54) is 18.0 Å². The maximum absolute atomic E-state index is 11.6. The van der Waals surface area contributed by atoms with Crippen molar-refractivity contribution in [3.05, 3.63) is 48.4 Å². The van der Waals surface area contributed by atoms with Crippen molar-refractivity contribution >= 4 is 38.5 Å². The lowest BCUT2D eigenvalue weighted by molar-refractivity contribution is -0.137. The molecule has 0 saturated heterocycles. The first-order valence-electron chi connectivity index (χ1n) is 7.40. The molecule has 0 aliphatic heterocycles. The third kappa shape index (κ3) is 3.54. The number of fused-ring (bicyclic) bond motifs is 1. The fourth-order valence-corrected chi connectivity index (χ4v) is 4.30. The minimum absolute atomic E-state index is 0.125. The molecule has 8 heteroatoms. The predicted molar refractivity (Wildman–Crippen MR) is 95.8 cm³/mol. The number of sulfone groups is 1. The molecule has 0 atom stereocenters. The number of carboxylic acid groups (broad SMARTS) is 1. The first kappa shape index (κ1) is 17.5. The Hall–Kier alpha value is -2.32. The monoisotopic (exact) mass is 376 g/mol. The minimum Gasteiger partial charge on any atom is -0.480 e. The van der Waals surface area contributed by atoms with Gasteiger partial charge in [-0.3, -0.25) is 9.78 Å². The largest absolute Gasteiger partial charge is 0.480 e. The molecule has 25 heavy (non-hydrogen) atoms. The van der Waals surface area contributed by atoms with Gasteiger partial charge in [0.05, 0.1) is 10.4 Å². The van der Waals surface area contributed by atoms with Crippen LogP contribution in [0.25, 0.3) is 10.9 Å². The molecule has 6 nitrogen and oxygen atoms in total. The number of benzene rings is 1. The predicted octanol–water partition coefficient (Wildman–Crippen LogP) is 2.98. The summed E-state index contributed by atoms with van der Waals surface area (Å²) in [5.41, 5.74) is 1.65. The summed E-state index contributed by atoms with van der Waals surface area (Å²) in [6.07, 6.45) is 4.52. The molecule has 0 saturated carbocycles. The van der Waals surface area contributed by atoms with Crippen LogP contribution in [-0.4, -0.2) is 35.3 Å². The smallest absolute Gasteiger partial charge is 0.323 e. The van der Waals surface area contributed by atoms with Gasteiger partial charge in [0.25, 0.3) is 0 Å². The summed E-state index contributed by atoms with van der Waals surface area (Å²) >= 11 is 1.46. The van der Waals surface area contributed by atoms with Crippen LogP contribution in [0.2, 0.25) is 0 Å². The van der Waals surface area contributed by atoms with Gasteiger partial charge in [-0.2, -0.15) is 0 Å². The molecule has 0 radical (unpaired) electrons. The molecule has 0 amide bonds. The van der Waals surface area contributed by atoms with Crippen LogP contribution in [-0.2, 0) is 21.2 Å². The first-order valence-corrected chi connectivity index (χ1v) is 10.1. The number of aromatic nitrogens is 2. The van der Waals surface area contributed by atoms with E-state index in [4.69, 9.17) is 5.11 Å². The number of hydrogen-bond acceptors (Lipinski definition) is 5. The van der Waals surface area contributed by atoms with Gasteiger partial charge in [-0.25, -0.2) is 8.42 Å². The van der Waals surface area contributed by atoms with E-state index in [0.29, 0.717) is 0 Å². The van der Waals surface area contributed by atoms with Gasteiger partial charge in [-0.05, 0) is 37.3 Å². The SMILES string of the molecule is Cc1c(Sc2ccc(S(C)(=O)=O)cc2)c2cnccc2n1CC(=O)O. The minimum atomic E-state index is -3.23. The van der Waals surface area contributed by atoms with Crippen LogP contribution in [0, 0.1) is 6.92 Å². The van der Waals surface area contributed by atoms with Gasteiger partial charge in [0.2, 0.25) is 0 Å².